The molecule has 0 spiro atoms. The zero-order chi connectivity index (χ0) is 14.4. The van der Waals surface area contributed by atoms with Crippen LogP contribution in [0.3, 0.4) is 0 Å². The van der Waals surface area contributed by atoms with Crippen LogP contribution in [0.15, 0.2) is 6.20 Å². The Bertz CT molecular complexity index is 391. The predicted octanol–water partition coefficient (Wildman–Crippen LogP) is 1.59. The fourth-order valence-electron chi connectivity index (χ4n) is 2.04. The fraction of sp³-hybridized carbons (Fsp3) is 0.769. The summed E-state index contributed by atoms with van der Waals surface area (Å²) in [6.45, 7) is 12.4. The number of aromatic nitrogens is 3. The average Bonchev–Trinajstić information content (AvgIpc) is 2.73. The van der Waals surface area contributed by atoms with Gasteiger partial charge >= 0.3 is 5.97 Å². The van der Waals surface area contributed by atoms with Gasteiger partial charge in [-0.05, 0) is 11.8 Å². The van der Waals surface area contributed by atoms with Crippen molar-refractivity contribution in [2.45, 2.75) is 34.2 Å². The molecule has 6 nitrogen and oxygen atoms in total. The Morgan fingerprint density at radius 3 is 2.32 bits per heavy atom. The van der Waals surface area contributed by atoms with Crippen LogP contribution < -0.4 is 0 Å². The van der Waals surface area contributed by atoms with Crippen LogP contribution in [0.5, 0.6) is 0 Å². The number of nitrogens with zero attached hydrogens (tertiary/aromatic N) is 4. The molecule has 1 N–H and O–H groups in total. The van der Waals surface area contributed by atoms with Crippen molar-refractivity contribution >= 4 is 5.97 Å². The second kappa shape index (κ2) is 7.23. The Kier molecular flexibility index (Phi) is 5.95. The minimum absolute atomic E-state index is 0.000677. The number of carboxylic acid groups (broad SMARTS) is 1. The van der Waals surface area contributed by atoms with Crippen LogP contribution in [0, 0.1) is 11.8 Å². The summed E-state index contributed by atoms with van der Waals surface area (Å²) in [4.78, 5) is 13.1. The van der Waals surface area contributed by atoms with Crippen LogP contribution >= 0.6 is 0 Å². The molecule has 0 fully saturated rings. The molecule has 0 aliphatic carbocycles. The molecule has 1 heterocycles. The van der Waals surface area contributed by atoms with Crippen molar-refractivity contribution in [3.63, 3.8) is 0 Å². The SMILES string of the molecule is CC(C)CN(CCn1cc(C(=O)O)nn1)CC(C)C. The number of hydrogen-bond acceptors (Lipinski definition) is 4. The van der Waals surface area contributed by atoms with Gasteiger partial charge in [-0.25, -0.2) is 4.79 Å². The molecule has 0 aliphatic rings. The first-order valence-electron chi connectivity index (χ1n) is 6.74. The van der Waals surface area contributed by atoms with E-state index in [1.54, 1.807) is 4.68 Å². The summed E-state index contributed by atoms with van der Waals surface area (Å²) < 4.78 is 1.59. The molecular formula is C13H24N4O2. The standard InChI is InChI=1S/C13H24N4O2/c1-10(2)7-16(8-11(3)4)5-6-17-9-12(13(18)19)14-15-17/h9-11H,5-8H2,1-4H3,(H,18,19). The van der Waals surface area contributed by atoms with Gasteiger partial charge in [0.15, 0.2) is 5.69 Å². The molecule has 1 aromatic rings. The van der Waals surface area contributed by atoms with Crippen molar-refractivity contribution in [3.05, 3.63) is 11.9 Å². The lowest BCUT2D eigenvalue weighted by atomic mass is 10.1. The van der Waals surface area contributed by atoms with Crippen molar-refractivity contribution in [3.8, 4) is 0 Å². The monoisotopic (exact) mass is 268 g/mol. The van der Waals surface area contributed by atoms with Gasteiger partial charge in [-0.2, -0.15) is 0 Å². The van der Waals surface area contributed by atoms with Gasteiger partial charge in [0.1, 0.15) is 0 Å². The van der Waals surface area contributed by atoms with Crippen LogP contribution in [0.25, 0.3) is 0 Å². The smallest absolute Gasteiger partial charge is 0.358 e. The molecule has 0 bridgehead atoms. The quantitative estimate of drug-likeness (QED) is 0.775. The minimum Gasteiger partial charge on any atom is -0.476 e. The minimum atomic E-state index is -1.03. The van der Waals surface area contributed by atoms with Crippen LogP contribution in [0.2, 0.25) is 0 Å². The van der Waals surface area contributed by atoms with E-state index in [0.29, 0.717) is 18.4 Å². The Hall–Kier alpha value is -1.43. The highest BCUT2D eigenvalue weighted by Crippen LogP contribution is 2.04. The Morgan fingerprint density at radius 2 is 1.89 bits per heavy atom. The summed E-state index contributed by atoms with van der Waals surface area (Å²) in [5, 5.41) is 16.2. The lowest BCUT2D eigenvalue weighted by molar-refractivity contribution is 0.0690. The van der Waals surface area contributed by atoms with E-state index in [1.165, 1.54) is 6.20 Å². The molecule has 1 rings (SSSR count). The fourth-order valence-corrected chi connectivity index (χ4v) is 2.04. The topological polar surface area (TPSA) is 71.2 Å². The van der Waals surface area contributed by atoms with Crippen LogP contribution in [0.1, 0.15) is 38.2 Å². The number of rotatable bonds is 8. The van der Waals surface area contributed by atoms with Crippen LogP contribution in [-0.2, 0) is 6.54 Å². The number of carboxylic acids is 1. The summed E-state index contributed by atoms with van der Waals surface area (Å²) >= 11 is 0. The summed E-state index contributed by atoms with van der Waals surface area (Å²) in [5.74, 6) is 0.195. The molecule has 19 heavy (non-hydrogen) atoms. The number of aromatic carboxylic acids is 1. The van der Waals surface area contributed by atoms with Crippen LogP contribution in [0.4, 0.5) is 0 Å². The molecular weight excluding hydrogens is 244 g/mol. The van der Waals surface area contributed by atoms with Crippen molar-refractivity contribution in [2.24, 2.45) is 11.8 Å². The van der Waals surface area contributed by atoms with E-state index in [4.69, 9.17) is 5.11 Å². The van der Waals surface area contributed by atoms with E-state index < -0.39 is 5.97 Å². The Labute approximate surface area is 114 Å². The van der Waals surface area contributed by atoms with Gasteiger partial charge in [0.2, 0.25) is 0 Å². The van der Waals surface area contributed by atoms with Gasteiger partial charge < -0.3 is 10.0 Å². The van der Waals surface area contributed by atoms with E-state index in [9.17, 15) is 4.79 Å². The maximum absolute atomic E-state index is 10.7. The molecule has 6 heteroatoms. The van der Waals surface area contributed by atoms with Gasteiger partial charge in [-0.15, -0.1) is 5.10 Å². The van der Waals surface area contributed by atoms with E-state index >= 15 is 0 Å². The second-order valence-corrected chi connectivity index (χ2v) is 5.72. The van der Waals surface area contributed by atoms with E-state index in [2.05, 4.69) is 42.9 Å². The van der Waals surface area contributed by atoms with E-state index in [-0.39, 0.29) is 5.69 Å². The highest BCUT2D eigenvalue weighted by Gasteiger charge is 2.11. The molecule has 0 atom stereocenters. The summed E-state index contributed by atoms with van der Waals surface area (Å²) in [7, 11) is 0. The number of hydrogen-bond donors (Lipinski definition) is 1. The third-order valence-electron chi connectivity index (χ3n) is 2.65. The van der Waals surface area contributed by atoms with E-state index in [1.807, 2.05) is 0 Å². The second-order valence-electron chi connectivity index (χ2n) is 5.72. The molecule has 0 saturated heterocycles. The van der Waals surface area contributed by atoms with Gasteiger partial charge in [-0.3, -0.25) is 4.68 Å². The van der Waals surface area contributed by atoms with Gasteiger partial charge in [0.25, 0.3) is 0 Å². The first-order valence-corrected chi connectivity index (χ1v) is 6.74. The maximum atomic E-state index is 10.7. The first-order chi connectivity index (χ1) is 8.88. The largest absolute Gasteiger partial charge is 0.476 e. The molecule has 0 radical (unpaired) electrons. The van der Waals surface area contributed by atoms with Gasteiger partial charge in [0, 0.05) is 19.6 Å². The van der Waals surface area contributed by atoms with Crippen molar-refractivity contribution < 1.29 is 9.90 Å². The summed E-state index contributed by atoms with van der Waals surface area (Å²) in [5.41, 5.74) is -0.000677. The zero-order valence-corrected chi connectivity index (χ0v) is 12.2. The Morgan fingerprint density at radius 1 is 1.32 bits per heavy atom. The molecule has 0 aromatic carbocycles. The van der Waals surface area contributed by atoms with Crippen molar-refractivity contribution in [2.75, 3.05) is 19.6 Å². The number of carbonyl (C=O) groups is 1. The van der Waals surface area contributed by atoms with Crippen LogP contribution in [-0.4, -0.2) is 50.6 Å². The lowest BCUT2D eigenvalue weighted by Crippen LogP contribution is -2.34. The normalized spacial score (nSPS) is 11.7. The molecule has 1 aromatic heterocycles. The molecule has 0 aliphatic heterocycles. The highest BCUT2D eigenvalue weighted by atomic mass is 16.4. The lowest BCUT2D eigenvalue weighted by Gasteiger charge is -2.25. The third kappa shape index (κ3) is 5.83. The summed E-state index contributed by atoms with van der Waals surface area (Å²) in [6.07, 6.45) is 1.48. The van der Waals surface area contributed by atoms with Gasteiger partial charge in [-0.1, -0.05) is 32.9 Å². The summed E-state index contributed by atoms with van der Waals surface area (Å²) in [6, 6.07) is 0. The predicted molar refractivity (Wildman–Crippen MR) is 73.1 cm³/mol. The first kappa shape index (κ1) is 15.6. The van der Waals surface area contributed by atoms with Crippen molar-refractivity contribution in [1.82, 2.24) is 19.9 Å². The van der Waals surface area contributed by atoms with Gasteiger partial charge in [0.05, 0.1) is 12.7 Å². The Balaban J connectivity index is 2.51. The molecule has 0 unspecified atom stereocenters. The zero-order valence-electron chi connectivity index (χ0n) is 12.2. The highest BCUT2D eigenvalue weighted by molar-refractivity contribution is 5.84. The maximum Gasteiger partial charge on any atom is 0.358 e. The average molecular weight is 268 g/mol. The van der Waals surface area contributed by atoms with Crippen molar-refractivity contribution in [1.29, 1.82) is 0 Å². The molecule has 108 valence electrons. The third-order valence-corrected chi connectivity index (χ3v) is 2.65. The molecule has 0 amide bonds. The van der Waals surface area contributed by atoms with E-state index in [0.717, 1.165) is 19.6 Å². The molecule has 0 saturated carbocycles.